The van der Waals surface area contributed by atoms with Crippen molar-refractivity contribution >= 4 is 5.82 Å². The monoisotopic (exact) mass is 275 g/mol. The number of nitrogens with zero attached hydrogens (tertiary/aromatic N) is 2. The van der Waals surface area contributed by atoms with Crippen molar-refractivity contribution in [3.63, 3.8) is 0 Å². The molecular weight excluding hydrogens is 250 g/mol. The predicted molar refractivity (Wildman–Crippen MR) is 80.9 cm³/mol. The van der Waals surface area contributed by atoms with E-state index in [0.717, 1.165) is 24.3 Å². The second-order valence-corrected chi connectivity index (χ2v) is 7.34. The second-order valence-electron chi connectivity index (χ2n) is 7.34. The molecule has 0 radical (unpaired) electrons. The fourth-order valence-corrected chi connectivity index (χ4v) is 3.04. The fraction of sp³-hybridized carbons (Fsp3) is 0.750. The summed E-state index contributed by atoms with van der Waals surface area (Å²) in [6.07, 6.45) is 8.98. The minimum Gasteiger partial charge on any atom is -0.365 e. The van der Waals surface area contributed by atoms with E-state index >= 15 is 0 Å². The zero-order chi connectivity index (χ0) is 14.3. The van der Waals surface area contributed by atoms with Crippen LogP contribution in [0.3, 0.4) is 0 Å². The molecule has 4 nitrogen and oxygen atoms in total. The van der Waals surface area contributed by atoms with Gasteiger partial charge in [0, 0.05) is 24.5 Å². The Bertz CT molecular complexity index is 523. The predicted octanol–water partition coefficient (Wildman–Crippen LogP) is 2.85. The summed E-state index contributed by atoms with van der Waals surface area (Å²) in [4.78, 5) is 16.7. The highest BCUT2D eigenvalue weighted by molar-refractivity contribution is 5.31. The Hall–Kier alpha value is -1.32. The molecule has 4 heteroatoms. The quantitative estimate of drug-likeness (QED) is 0.899. The number of anilines is 1. The van der Waals surface area contributed by atoms with E-state index in [1.807, 2.05) is 20.8 Å². The van der Waals surface area contributed by atoms with Crippen molar-refractivity contribution in [2.75, 3.05) is 11.9 Å². The molecule has 2 aliphatic carbocycles. The third kappa shape index (κ3) is 2.89. The van der Waals surface area contributed by atoms with E-state index in [0.29, 0.717) is 5.82 Å². The van der Waals surface area contributed by atoms with Crippen molar-refractivity contribution < 1.29 is 0 Å². The van der Waals surface area contributed by atoms with Gasteiger partial charge in [-0.1, -0.05) is 0 Å². The average molecular weight is 275 g/mol. The summed E-state index contributed by atoms with van der Waals surface area (Å²) in [6, 6.07) is 0. The molecule has 0 spiro atoms. The maximum Gasteiger partial charge on any atom is 0.293 e. The van der Waals surface area contributed by atoms with Gasteiger partial charge >= 0.3 is 0 Å². The lowest BCUT2D eigenvalue weighted by Gasteiger charge is -2.23. The summed E-state index contributed by atoms with van der Waals surface area (Å²) < 4.78 is 1.76. The number of hydrogen-bond donors (Lipinski definition) is 1. The molecule has 2 fully saturated rings. The molecule has 1 aromatic rings. The molecule has 0 aromatic carbocycles. The van der Waals surface area contributed by atoms with E-state index in [2.05, 4.69) is 10.3 Å². The minimum atomic E-state index is -0.206. The van der Waals surface area contributed by atoms with Gasteiger partial charge in [0.25, 0.3) is 5.56 Å². The maximum atomic E-state index is 12.4. The van der Waals surface area contributed by atoms with Gasteiger partial charge in [-0.3, -0.25) is 4.79 Å². The van der Waals surface area contributed by atoms with Crippen LogP contribution in [0.5, 0.6) is 0 Å². The standard InChI is InChI=1S/C16H25N3O/c1-16(2,3)19-9-8-17-14(15(19)20)18-10-13(11-4-5-11)12-6-7-12/h8-9,11-13H,4-7,10H2,1-3H3,(H,17,18). The summed E-state index contributed by atoms with van der Waals surface area (Å²) >= 11 is 0. The van der Waals surface area contributed by atoms with Crippen LogP contribution in [0.4, 0.5) is 5.82 Å². The molecule has 0 bridgehead atoms. The van der Waals surface area contributed by atoms with Gasteiger partial charge in [0.05, 0.1) is 0 Å². The molecule has 0 amide bonds. The Morgan fingerprint density at radius 2 is 1.90 bits per heavy atom. The van der Waals surface area contributed by atoms with Gasteiger partial charge in [-0.2, -0.15) is 0 Å². The molecule has 2 saturated carbocycles. The van der Waals surface area contributed by atoms with Crippen molar-refractivity contribution in [3.8, 4) is 0 Å². The van der Waals surface area contributed by atoms with E-state index < -0.39 is 0 Å². The van der Waals surface area contributed by atoms with Gasteiger partial charge in [0.15, 0.2) is 5.82 Å². The van der Waals surface area contributed by atoms with Crippen molar-refractivity contribution in [2.24, 2.45) is 17.8 Å². The SMILES string of the molecule is CC(C)(C)n1ccnc(NCC(C2CC2)C2CC2)c1=O. The van der Waals surface area contributed by atoms with Crippen molar-refractivity contribution in [3.05, 3.63) is 22.7 Å². The first kappa shape index (κ1) is 13.7. The summed E-state index contributed by atoms with van der Waals surface area (Å²) in [7, 11) is 0. The lowest BCUT2D eigenvalue weighted by Crippen LogP contribution is -2.35. The fourth-order valence-electron chi connectivity index (χ4n) is 3.04. The smallest absolute Gasteiger partial charge is 0.293 e. The highest BCUT2D eigenvalue weighted by Crippen LogP contribution is 2.49. The van der Waals surface area contributed by atoms with Crippen molar-refractivity contribution in [1.82, 2.24) is 9.55 Å². The Morgan fingerprint density at radius 1 is 1.30 bits per heavy atom. The Kier molecular flexibility index (Phi) is 3.35. The lowest BCUT2D eigenvalue weighted by atomic mass is 9.98. The first-order valence-electron chi connectivity index (χ1n) is 7.79. The van der Waals surface area contributed by atoms with Crippen LogP contribution in [0, 0.1) is 17.8 Å². The van der Waals surface area contributed by atoms with Crippen molar-refractivity contribution in [1.29, 1.82) is 0 Å². The molecule has 1 N–H and O–H groups in total. The summed E-state index contributed by atoms with van der Waals surface area (Å²) in [6.45, 7) is 7.02. The van der Waals surface area contributed by atoms with Crippen LogP contribution in [0.2, 0.25) is 0 Å². The molecule has 2 aliphatic rings. The topological polar surface area (TPSA) is 46.9 Å². The van der Waals surface area contributed by atoms with Gasteiger partial charge in [-0.15, -0.1) is 0 Å². The summed E-state index contributed by atoms with van der Waals surface area (Å²) in [5.74, 6) is 3.04. The summed E-state index contributed by atoms with van der Waals surface area (Å²) in [5, 5.41) is 3.32. The van der Waals surface area contributed by atoms with Gasteiger partial charge in [-0.25, -0.2) is 4.98 Å². The van der Waals surface area contributed by atoms with Crippen LogP contribution in [0.15, 0.2) is 17.2 Å². The van der Waals surface area contributed by atoms with E-state index in [9.17, 15) is 4.79 Å². The first-order chi connectivity index (χ1) is 9.47. The van der Waals surface area contributed by atoms with Crippen LogP contribution in [-0.2, 0) is 5.54 Å². The number of hydrogen-bond acceptors (Lipinski definition) is 3. The molecule has 0 atom stereocenters. The molecule has 3 rings (SSSR count). The van der Waals surface area contributed by atoms with Crippen LogP contribution in [0.25, 0.3) is 0 Å². The number of rotatable bonds is 5. The molecule has 0 unspecified atom stereocenters. The molecule has 1 aromatic heterocycles. The Morgan fingerprint density at radius 3 is 2.40 bits per heavy atom. The van der Waals surface area contributed by atoms with Gasteiger partial charge in [0.1, 0.15) is 0 Å². The highest BCUT2D eigenvalue weighted by Gasteiger charge is 2.41. The third-order valence-corrected chi connectivity index (χ3v) is 4.52. The van der Waals surface area contributed by atoms with Gasteiger partial charge in [0.2, 0.25) is 0 Å². The van der Waals surface area contributed by atoms with Crippen LogP contribution >= 0.6 is 0 Å². The zero-order valence-corrected chi connectivity index (χ0v) is 12.7. The molecular formula is C16H25N3O. The Labute approximate surface area is 120 Å². The van der Waals surface area contributed by atoms with E-state index in [4.69, 9.17) is 0 Å². The lowest BCUT2D eigenvalue weighted by molar-refractivity contribution is 0.382. The Balaban J connectivity index is 1.72. The van der Waals surface area contributed by atoms with Crippen LogP contribution in [0.1, 0.15) is 46.5 Å². The largest absolute Gasteiger partial charge is 0.365 e. The molecule has 0 aliphatic heterocycles. The maximum absolute atomic E-state index is 12.4. The van der Waals surface area contributed by atoms with Crippen molar-refractivity contribution in [2.45, 2.75) is 52.0 Å². The zero-order valence-electron chi connectivity index (χ0n) is 12.7. The normalized spacial score (nSPS) is 19.4. The molecule has 0 saturated heterocycles. The average Bonchev–Trinajstić information content (AvgIpc) is 3.24. The highest BCUT2D eigenvalue weighted by atomic mass is 16.1. The molecule has 1 heterocycles. The van der Waals surface area contributed by atoms with Crippen LogP contribution in [-0.4, -0.2) is 16.1 Å². The second kappa shape index (κ2) is 4.90. The third-order valence-electron chi connectivity index (χ3n) is 4.52. The van der Waals surface area contributed by atoms with E-state index in [-0.39, 0.29) is 11.1 Å². The first-order valence-corrected chi connectivity index (χ1v) is 7.79. The van der Waals surface area contributed by atoms with Gasteiger partial charge < -0.3 is 9.88 Å². The number of nitrogens with one attached hydrogen (secondary N) is 1. The molecule has 110 valence electrons. The minimum absolute atomic E-state index is 0.00894. The summed E-state index contributed by atoms with van der Waals surface area (Å²) in [5.41, 5.74) is -0.214. The van der Waals surface area contributed by atoms with E-state index in [1.54, 1.807) is 17.0 Å². The van der Waals surface area contributed by atoms with Gasteiger partial charge in [-0.05, 0) is 64.2 Å². The van der Waals surface area contributed by atoms with E-state index in [1.165, 1.54) is 25.7 Å². The van der Waals surface area contributed by atoms with Crippen LogP contribution < -0.4 is 10.9 Å². The molecule has 20 heavy (non-hydrogen) atoms. The number of aromatic nitrogens is 2.